The molecule has 0 fully saturated rings. The molecule has 0 aromatic carbocycles. The molecule has 0 aromatic rings. The van der Waals surface area contributed by atoms with Gasteiger partial charge in [0.1, 0.15) is 0 Å². The molecule has 0 nitrogen and oxygen atoms in total. The van der Waals surface area contributed by atoms with Crippen LogP contribution in [0.2, 0.25) is 0 Å². The van der Waals surface area contributed by atoms with E-state index >= 15 is 0 Å². The molecular weight excluding hydrogens is 180 g/mol. The van der Waals surface area contributed by atoms with E-state index < -0.39 is 0 Å². The van der Waals surface area contributed by atoms with Gasteiger partial charge in [-0.15, -0.1) is 0 Å². The van der Waals surface area contributed by atoms with Crippen LogP contribution in [0.5, 0.6) is 0 Å². The van der Waals surface area contributed by atoms with Crippen molar-refractivity contribution in [2.75, 3.05) is 0 Å². The van der Waals surface area contributed by atoms with Gasteiger partial charge in [0.15, 0.2) is 0 Å². The SMILES string of the molecule is CCCCC1(C)C=C(C)C=CC(C)=C1C. The molecule has 0 saturated carbocycles. The number of hydrogen-bond donors (Lipinski definition) is 0. The minimum atomic E-state index is 0.272. The average Bonchev–Trinajstić information content (AvgIpc) is 2.29. The summed E-state index contributed by atoms with van der Waals surface area (Å²) in [6, 6.07) is 0. The second-order valence-electron chi connectivity index (χ2n) is 5.05. The van der Waals surface area contributed by atoms with Crippen LogP contribution in [0.1, 0.15) is 53.9 Å². The van der Waals surface area contributed by atoms with Crippen LogP contribution in [0, 0.1) is 5.41 Å². The maximum Gasteiger partial charge on any atom is 0.00711 e. The molecule has 1 aliphatic carbocycles. The van der Waals surface area contributed by atoms with Gasteiger partial charge in [-0.1, -0.05) is 61.6 Å². The van der Waals surface area contributed by atoms with Crippen molar-refractivity contribution in [3.05, 3.63) is 34.9 Å². The zero-order valence-corrected chi connectivity index (χ0v) is 10.9. The van der Waals surface area contributed by atoms with Crippen LogP contribution in [-0.4, -0.2) is 0 Å². The Labute approximate surface area is 94.8 Å². The highest BCUT2D eigenvalue weighted by Gasteiger charge is 2.25. The fraction of sp³-hybridized carbons (Fsp3) is 0.600. The van der Waals surface area contributed by atoms with Gasteiger partial charge < -0.3 is 0 Å². The largest absolute Gasteiger partial charge is 0.0716 e. The van der Waals surface area contributed by atoms with Crippen LogP contribution in [-0.2, 0) is 0 Å². The number of hydrogen-bond acceptors (Lipinski definition) is 0. The van der Waals surface area contributed by atoms with Crippen LogP contribution >= 0.6 is 0 Å². The molecule has 1 atom stereocenters. The van der Waals surface area contributed by atoms with Gasteiger partial charge in [0, 0.05) is 5.41 Å². The molecule has 1 unspecified atom stereocenters. The van der Waals surface area contributed by atoms with Gasteiger partial charge in [-0.2, -0.15) is 0 Å². The monoisotopic (exact) mass is 204 g/mol. The molecule has 0 heterocycles. The van der Waals surface area contributed by atoms with E-state index in [9.17, 15) is 0 Å². The Morgan fingerprint density at radius 1 is 1.13 bits per heavy atom. The summed E-state index contributed by atoms with van der Waals surface area (Å²) >= 11 is 0. The summed E-state index contributed by atoms with van der Waals surface area (Å²) < 4.78 is 0. The number of unbranched alkanes of at least 4 members (excludes halogenated alkanes) is 1. The minimum Gasteiger partial charge on any atom is -0.0716 e. The zero-order chi connectivity index (χ0) is 11.5. The van der Waals surface area contributed by atoms with Crippen LogP contribution in [0.15, 0.2) is 34.9 Å². The van der Waals surface area contributed by atoms with E-state index in [1.807, 2.05) is 0 Å². The first-order chi connectivity index (χ1) is 6.99. The van der Waals surface area contributed by atoms with E-state index in [2.05, 4.69) is 52.8 Å². The Kier molecular flexibility index (Phi) is 3.96. The summed E-state index contributed by atoms with van der Waals surface area (Å²) in [4.78, 5) is 0. The Morgan fingerprint density at radius 2 is 1.80 bits per heavy atom. The summed E-state index contributed by atoms with van der Waals surface area (Å²) in [6.07, 6.45) is 10.8. The molecule has 1 rings (SSSR count). The quantitative estimate of drug-likeness (QED) is 0.604. The molecule has 0 amide bonds. The van der Waals surface area contributed by atoms with Crippen LogP contribution in [0.4, 0.5) is 0 Å². The molecule has 0 aliphatic heterocycles. The van der Waals surface area contributed by atoms with Gasteiger partial charge in [0.2, 0.25) is 0 Å². The highest BCUT2D eigenvalue weighted by Crippen LogP contribution is 2.38. The predicted molar refractivity (Wildman–Crippen MR) is 68.9 cm³/mol. The summed E-state index contributed by atoms with van der Waals surface area (Å²) in [5.74, 6) is 0. The van der Waals surface area contributed by atoms with Crippen molar-refractivity contribution in [2.24, 2.45) is 5.41 Å². The third kappa shape index (κ3) is 2.84. The van der Waals surface area contributed by atoms with E-state index in [1.165, 1.54) is 36.0 Å². The fourth-order valence-electron chi connectivity index (χ4n) is 2.29. The predicted octanol–water partition coefficient (Wildman–Crippen LogP) is 5.04. The van der Waals surface area contributed by atoms with Gasteiger partial charge in [-0.3, -0.25) is 0 Å². The Bertz CT molecular complexity index is 315. The molecule has 0 heteroatoms. The highest BCUT2D eigenvalue weighted by atomic mass is 14.3. The van der Waals surface area contributed by atoms with Crippen molar-refractivity contribution in [3.8, 4) is 0 Å². The lowest BCUT2D eigenvalue weighted by molar-refractivity contribution is 0.443. The van der Waals surface area contributed by atoms with Crippen molar-refractivity contribution in [1.29, 1.82) is 0 Å². The van der Waals surface area contributed by atoms with Crippen molar-refractivity contribution < 1.29 is 0 Å². The number of allylic oxidation sites excluding steroid dienone is 6. The van der Waals surface area contributed by atoms with Gasteiger partial charge in [-0.05, 0) is 27.2 Å². The molecule has 84 valence electrons. The maximum atomic E-state index is 2.44. The minimum absolute atomic E-state index is 0.272. The number of rotatable bonds is 3. The highest BCUT2D eigenvalue weighted by molar-refractivity contribution is 5.39. The lowest BCUT2D eigenvalue weighted by Crippen LogP contribution is -2.16. The van der Waals surface area contributed by atoms with E-state index in [0.29, 0.717) is 0 Å². The van der Waals surface area contributed by atoms with Gasteiger partial charge >= 0.3 is 0 Å². The Morgan fingerprint density at radius 3 is 2.40 bits per heavy atom. The maximum absolute atomic E-state index is 2.44. The third-order valence-electron chi connectivity index (χ3n) is 3.64. The smallest absolute Gasteiger partial charge is 0.00711 e. The van der Waals surface area contributed by atoms with Gasteiger partial charge in [0.05, 0.1) is 0 Å². The third-order valence-corrected chi connectivity index (χ3v) is 3.64. The lowest BCUT2D eigenvalue weighted by atomic mass is 9.76. The van der Waals surface area contributed by atoms with E-state index in [0.717, 1.165) is 0 Å². The Balaban J connectivity index is 3.03. The first-order valence-corrected chi connectivity index (χ1v) is 6.05. The second-order valence-corrected chi connectivity index (χ2v) is 5.05. The summed E-state index contributed by atoms with van der Waals surface area (Å²) in [5, 5.41) is 0. The van der Waals surface area contributed by atoms with Crippen molar-refractivity contribution >= 4 is 0 Å². The van der Waals surface area contributed by atoms with Crippen LogP contribution in [0.25, 0.3) is 0 Å². The van der Waals surface area contributed by atoms with Crippen LogP contribution < -0.4 is 0 Å². The van der Waals surface area contributed by atoms with E-state index in [1.54, 1.807) is 0 Å². The first kappa shape index (κ1) is 12.3. The molecule has 0 N–H and O–H groups in total. The van der Waals surface area contributed by atoms with Crippen molar-refractivity contribution in [3.63, 3.8) is 0 Å². The van der Waals surface area contributed by atoms with Crippen LogP contribution in [0.3, 0.4) is 0 Å². The molecule has 0 aromatic heterocycles. The molecule has 15 heavy (non-hydrogen) atoms. The molecule has 0 bridgehead atoms. The normalized spacial score (nSPS) is 26.6. The van der Waals surface area contributed by atoms with Crippen molar-refractivity contribution in [2.45, 2.75) is 53.9 Å². The Hall–Kier alpha value is -0.780. The average molecular weight is 204 g/mol. The molecule has 0 spiro atoms. The van der Waals surface area contributed by atoms with E-state index in [-0.39, 0.29) is 5.41 Å². The lowest BCUT2D eigenvalue weighted by Gasteiger charge is -2.28. The topological polar surface area (TPSA) is 0 Å². The molecule has 0 radical (unpaired) electrons. The second kappa shape index (κ2) is 4.83. The van der Waals surface area contributed by atoms with Crippen molar-refractivity contribution in [1.82, 2.24) is 0 Å². The standard InChI is InChI=1S/C15H24/c1-6-7-10-15(5)11-12(2)8-9-13(3)14(15)4/h8-9,11H,6-7,10H2,1-5H3. The first-order valence-electron chi connectivity index (χ1n) is 6.05. The zero-order valence-electron chi connectivity index (χ0n) is 10.9. The van der Waals surface area contributed by atoms with Gasteiger partial charge in [0.25, 0.3) is 0 Å². The van der Waals surface area contributed by atoms with Gasteiger partial charge in [-0.25, -0.2) is 0 Å². The van der Waals surface area contributed by atoms with E-state index in [4.69, 9.17) is 0 Å². The summed E-state index contributed by atoms with van der Waals surface area (Å²) in [7, 11) is 0. The molecular formula is C15H24. The molecule has 0 saturated heterocycles. The fourth-order valence-corrected chi connectivity index (χ4v) is 2.29. The summed E-state index contributed by atoms with van der Waals surface area (Å²) in [5.41, 5.74) is 4.63. The summed E-state index contributed by atoms with van der Waals surface area (Å²) in [6.45, 7) is 11.3. The molecule has 1 aliphatic rings.